The van der Waals surface area contributed by atoms with Crippen LogP contribution < -0.4 is 21.5 Å². The van der Waals surface area contributed by atoms with Crippen LogP contribution in [0.2, 0.25) is 0 Å². The highest BCUT2D eigenvalue weighted by atomic mass is 16.5. The molecule has 0 saturated heterocycles. The van der Waals surface area contributed by atoms with Crippen LogP contribution >= 0.6 is 0 Å². The maximum absolute atomic E-state index is 13.7. The van der Waals surface area contributed by atoms with E-state index in [1.807, 2.05) is 19.1 Å². The third-order valence-corrected chi connectivity index (χ3v) is 6.14. The molecule has 1 N–H and O–H groups in total. The van der Waals surface area contributed by atoms with Crippen molar-refractivity contribution in [2.45, 2.75) is 59.7 Å². The van der Waals surface area contributed by atoms with Crippen LogP contribution in [-0.4, -0.2) is 35.3 Å². The summed E-state index contributed by atoms with van der Waals surface area (Å²) in [6, 6.07) is 7.21. The molecule has 0 saturated carbocycles. The largest absolute Gasteiger partial charge is 0.497 e. The molecule has 0 spiro atoms. The molecule has 0 atom stereocenters. The van der Waals surface area contributed by atoms with Crippen molar-refractivity contribution in [1.82, 2.24) is 23.1 Å². The van der Waals surface area contributed by atoms with Crippen LogP contribution in [0, 0.1) is 0 Å². The van der Waals surface area contributed by atoms with E-state index in [9.17, 15) is 19.5 Å². The Bertz CT molecular complexity index is 1540. The van der Waals surface area contributed by atoms with Crippen LogP contribution in [0.15, 0.2) is 38.6 Å². The Balaban J connectivity index is 2.11. The smallest absolute Gasteiger partial charge is 0.332 e. The van der Waals surface area contributed by atoms with Gasteiger partial charge in [0.25, 0.3) is 11.1 Å². The summed E-state index contributed by atoms with van der Waals surface area (Å²) >= 11 is 0. The van der Waals surface area contributed by atoms with Crippen molar-refractivity contribution in [2.24, 2.45) is 0 Å². The summed E-state index contributed by atoms with van der Waals surface area (Å²) in [5, 5.41) is 11.2. The molecule has 3 heterocycles. The number of rotatable bonds is 8. The van der Waals surface area contributed by atoms with Gasteiger partial charge in [0.2, 0.25) is 11.7 Å². The standard InChI is InChI=1S/C24H29N5O5/c1-5-8-13-28-20(30)17(14-15-9-11-16(34-4)12-10-15)21(31)29-18-19(25-23(28)29)26(6-2)24(33)27(7-3)22(18)32/h9-12,30H,5-8,13-14H2,1-4H3. The lowest BCUT2D eigenvalue weighted by Crippen LogP contribution is -2.40. The summed E-state index contributed by atoms with van der Waals surface area (Å²) in [5.74, 6) is 0.650. The molecule has 0 unspecified atom stereocenters. The first-order chi connectivity index (χ1) is 16.4. The monoisotopic (exact) mass is 467 g/mol. The number of ether oxygens (including phenoxy) is 1. The molecular formula is C24H29N5O5. The van der Waals surface area contributed by atoms with E-state index in [1.165, 1.54) is 8.97 Å². The Labute approximate surface area is 195 Å². The van der Waals surface area contributed by atoms with Crippen LogP contribution in [-0.2, 0) is 26.1 Å². The zero-order valence-electron chi connectivity index (χ0n) is 19.9. The Morgan fingerprint density at radius 1 is 0.941 bits per heavy atom. The second-order valence-corrected chi connectivity index (χ2v) is 8.13. The SMILES string of the molecule is CCCCn1c(O)c(Cc2ccc(OC)cc2)c(=O)n2c3c(=O)n(CC)c(=O)n(CC)c3nc12. The van der Waals surface area contributed by atoms with Crippen molar-refractivity contribution >= 4 is 16.9 Å². The molecular weight excluding hydrogens is 438 g/mol. The first-order valence-electron chi connectivity index (χ1n) is 11.5. The van der Waals surface area contributed by atoms with E-state index in [2.05, 4.69) is 4.98 Å². The van der Waals surface area contributed by atoms with Gasteiger partial charge in [-0.1, -0.05) is 25.5 Å². The normalized spacial score (nSPS) is 11.5. The number of aromatic nitrogens is 5. The van der Waals surface area contributed by atoms with E-state index in [4.69, 9.17) is 4.74 Å². The summed E-state index contributed by atoms with van der Waals surface area (Å²) in [6.07, 6.45) is 1.75. The van der Waals surface area contributed by atoms with E-state index in [0.717, 1.165) is 23.0 Å². The Kier molecular flexibility index (Phi) is 6.32. The van der Waals surface area contributed by atoms with Crippen molar-refractivity contribution in [2.75, 3.05) is 7.11 Å². The molecule has 34 heavy (non-hydrogen) atoms. The molecule has 0 radical (unpaired) electrons. The molecule has 0 fully saturated rings. The molecule has 0 aliphatic rings. The Morgan fingerprint density at radius 2 is 1.62 bits per heavy atom. The fourth-order valence-electron chi connectivity index (χ4n) is 4.28. The lowest BCUT2D eigenvalue weighted by molar-refractivity contribution is 0.401. The molecule has 4 aromatic rings. The minimum absolute atomic E-state index is 0.0459. The second-order valence-electron chi connectivity index (χ2n) is 8.13. The molecule has 4 rings (SSSR count). The van der Waals surface area contributed by atoms with Crippen molar-refractivity contribution in [1.29, 1.82) is 0 Å². The minimum Gasteiger partial charge on any atom is -0.497 e. The van der Waals surface area contributed by atoms with Crippen LogP contribution in [0.3, 0.4) is 0 Å². The summed E-state index contributed by atoms with van der Waals surface area (Å²) in [4.78, 5) is 44.4. The van der Waals surface area contributed by atoms with E-state index in [-0.39, 0.29) is 47.9 Å². The fourth-order valence-corrected chi connectivity index (χ4v) is 4.28. The number of imidazole rings is 1. The summed E-state index contributed by atoms with van der Waals surface area (Å²) in [7, 11) is 1.57. The zero-order chi connectivity index (χ0) is 24.6. The predicted molar refractivity (Wildman–Crippen MR) is 129 cm³/mol. The predicted octanol–water partition coefficient (Wildman–Crippen LogP) is 2.12. The van der Waals surface area contributed by atoms with Gasteiger partial charge in [0.05, 0.1) is 12.7 Å². The Morgan fingerprint density at radius 3 is 2.21 bits per heavy atom. The van der Waals surface area contributed by atoms with Gasteiger partial charge in [-0.05, 0) is 38.0 Å². The molecule has 10 nitrogen and oxygen atoms in total. The molecule has 1 aromatic carbocycles. The van der Waals surface area contributed by atoms with Gasteiger partial charge in [0.15, 0.2) is 11.2 Å². The third-order valence-electron chi connectivity index (χ3n) is 6.14. The number of aromatic hydroxyl groups is 1. The number of hydrogen-bond donors (Lipinski definition) is 1. The number of unbranched alkanes of at least 4 members (excludes halogenated alkanes) is 1. The van der Waals surface area contributed by atoms with Crippen LogP contribution in [0.5, 0.6) is 11.6 Å². The van der Waals surface area contributed by atoms with E-state index in [0.29, 0.717) is 12.3 Å². The summed E-state index contributed by atoms with van der Waals surface area (Å²) in [6.45, 7) is 6.37. The summed E-state index contributed by atoms with van der Waals surface area (Å²) < 4.78 is 10.5. The first-order valence-corrected chi connectivity index (χ1v) is 11.5. The first kappa shape index (κ1) is 23.3. The van der Waals surface area contributed by atoms with Gasteiger partial charge in [0, 0.05) is 26.1 Å². The van der Waals surface area contributed by atoms with Crippen molar-refractivity contribution in [3.05, 3.63) is 66.6 Å². The van der Waals surface area contributed by atoms with Crippen molar-refractivity contribution in [3.8, 4) is 11.6 Å². The van der Waals surface area contributed by atoms with Crippen molar-refractivity contribution < 1.29 is 9.84 Å². The maximum Gasteiger partial charge on any atom is 0.332 e. The van der Waals surface area contributed by atoms with Gasteiger partial charge in [-0.3, -0.25) is 23.3 Å². The van der Waals surface area contributed by atoms with Gasteiger partial charge in [-0.25, -0.2) is 9.20 Å². The molecule has 0 aliphatic carbocycles. The molecule has 0 aliphatic heterocycles. The molecule has 180 valence electrons. The molecule has 10 heteroatoms. The van der Waals surface area contributed by atoms with Gasteiger partial charge in [-0.15, -0.1) is 0 Å². The van der Waals surface area contributed by atoms with Gasteiger partial charge >= 0.3 is 5.69 Å². The average molecular weight is 468 g/mol. The van der Waals surface area contributed by atoms with E-state index < -0.39 is 16.8 Å². The summed E-state index contributed by atoms with van der Waals surface area (Å²) in [5.41, 5.74) is -0.420. The third kappa shape index (κ3) is 3.59. The van der Waals surface area contributed by atoms with Crippen LogP contribution in [0.25, 0.3) is 16.9 Å². The number of fused-ring (bicyclic) bond motifs is 3. The highest BCUT2D eigenvalue weighted by molar-refractivity contribution is 5.75. The van der Waals surface area contributed by atoms with E-state index in [1.54, 1.807) is 37.7 Å². The number of methoxy groups -OCH3 is 1. The minimum atomic E-state index is -0.570. The molecule has 3 aromatic heterocycles. The number of benzene rings is 1. The maximum atomic E-state index is 13.7. The van der Waals surface area contributed by atoms with Crippen LogP contribution in [0.1, 0.15) is 44.7 Å². The Hall–Kier alpha value is -3.82. The highest BCUT2D eigenvalue weighted by Crippen LogP contribution is 2.23. The number of nitrogens with zero attached hydrogens (tertiary/aromatic N) is 5. The highest BCUT2D eigenvalue weighted by Gasteiger charge is 2.25. The average Bonchev–Trinajstić information content (AvgIpc) is 3.23. The molecule has 0 amide bonds. The number of aryl methyl sites for hydroxylation is 2. The fraction of sp³-hybridized carbons (Fsp3) is 0.417. The number of hydrogen-bond acceptors (Lipinski definition) is 6. The topological polar surface area (TPSA) is 113 Å². The lowest BCUT2D eigenvalue weighted by Gasteiger charge is -2.14. The second kappa shape index (κ2) is 9.20. The van der Waals surface area contributed by atoms with Crippen LogP contribution in [0.4, 0.5) is 0 Å². The van der Waals surface area contributed by atoms with Gasteiger partial charge < -0.3 is 9.84 Å². The van der Waals surface area contributed by atoms with Crippen molar-refractivity contribution in [3.63, 3.8) is 0 Å². The quantitative estimate of drug-likeness (QED) is 0.425. The molecule has 0 bridgehead atoms. The van der Waals surface area contributed by atoms with Gasteiger partial charge in [0.1, 0.15) is 5.75 Å². The zero-order valence-corrected chi connectivity index (χ0v) is 19.9. The van der Waals surface area contributed by atoms with Gasteiger partial charge in [-0.2, -0.15) is 4.98 Å². The lowest BCUT2D eigenvalue weighted by atomic mass is 10.1. The van der Waals surface area contributed by atoms with E-state index >= 15 is 0 Å².